The highest BCUT2D eigenvalue weighted by molar-refractivity contribution is 7.47. The van der Waals surface area contributed by atoms with E-state index < -0.39 is 16.9 Å². The Hall–Kier alpha value is 0.110. The maximum Gasteiger partial charge on any atom is 0.259 e. The SMILES string of the molecule is COC(CCOP(OCCC#N)N(C(C)C)C(C)C)CCP(OC)OC. The average Bonchev–Trinajstić information content (AvgIpc) is 2.60. The number of methoxy groups -OCH3 is 1. The molecule has 0 heterocycles. The van der Waals surface area contributed by atoms with Crippen molar-refractivity contribution in [1.29, 1.82) is 5.26 Å². The number of hydrogen-bond acceptors (Lipinski definition) is 7. The molecule has 0 saturated heterocycles. The predicted molar refractivity (Wildman–Crippen MR) is 107 cm³/mol. The van der Waals surface area contributed by atoms with E-state index in [2.05, 4.69) is 38.4 Å². The number of nitriles is 1. The Morgan fingerprint density at radius 2 is 1.50 bits per heavy atom. The van der Waals surface area contributed by atoms with Crippen LogP contribution in [0.2, 0.25) is 0 Å². The van der Waals surface area contributed by atoms with Crippen LogP contribution < -0.4 is 0 Å². The molecule has 154 valence electrons. The van der Waals surface area contributed by atoms with E-state index in [4.69, 9.17) is 28.1 Å². The highest BCUT2D eigenvalue weighted by Crippen LogP contribution is 2.46. The van der Waals surface area contributed by atoms with Gasteiger partial charge in [0.2, 0.25) is 0 Å². The monoisotopic (exact) mass is 410 g/mol. The Kier molecular flexibility index (Phi) is 16.2. The zero-order valence-electron chi connectivity index (χ0n) is 17.3. The minimum atomic E-state index is -1.20. The van der Waals surface area contributed by atoms with E-state index in [0.29, 0.717) is 31.7 Å². The van der Waals surface area contributed by atoms with E-state index in [9.17, 15) is 0 Å². The van der Waals surface area contributed by atoms with Crippen LogP contribution in [0.15, 0.2) is 0 Å². The quantitative estimate of drug-likeness (QED) is 0.270. The summed E-state index contributed by atoms with van der Waals surface area (Å²) in [4.78, 5) is 0. The van der Waals surface area contributed by atoms with Crippen LogP contribution in [0.1, 0.15) is 47.0 Å². The summed E-state index contributed by atoms with van der Waals surface area (Å²) < 4.78 is 30.3. The molecule has 0 aromatic carbocycles. The summed E-state index contributed by atoms with van der Waals surface area (Å²) in [5.41, 5.74) is 0. The van der Waals surface area contributed by atoms with Gasteiger partial charge in [-0.3, -0.25) is 0 Å². The van der Waals surface area contributed by atoms with Crippen LogP contribution >= 0.6 is 16.9 Å². The molecule has 2 unspecified atom stereocenters. The molecule has 26 heavy (non-hydrogen) atoms. The molecule has 0 amide bonds. The summed E-state index contributed by atoms with van der Waals surface area (Å²) in [7, 11) is 3.01. The summed E-state index contributed by atoms with van der Waals surface area (Å²) in [6.45, 7) is 9.44. The summed E-state index contributed by atoms with van der Waals surface area (Å²) in [5, 5.41) is 8.75. The largest absolute Gasteiger partial charge is 0.381 e. The third-order valence-electron chi connectivity index (χ3n) is 3.68. The van der Waals surface area contributed by atoms with Crippen molar-refractivity contribution in [2.24, 2.45) is 0 Å². The molecule has 0 aliphatic carbocycles. The van der Waals surface area contributed by atoms with Gasteiger partial charge in [0.15, 0.2) is 8.38 Å². The van der Waals surface area contributed by atoms with Gasteiger partial charge in [0.1, 0.15) is 0 Å². The summed E-state index contributed by atoms with van der Waals surface area (Å²) >= 11 is 0. The molecule has 0 aromatic rings. The maximum atomic E-state index is 8.75. The molecular weight excluding hydrogens is 374 g/mol. The molecule has 0 bridgehead atoms. The molecule has 0 aliphatic rings. The second-order valence-electron chi connectivity index (χ2n) is 6.24. The van der Waals surface area contributed by atoms with Crippen molar-refractivity contribution in [3.63, 3.8) is 0 Å². The van der Waals surface area contributed by atoms with Crippen LogP contribution in [-0.4, -0.2) is 63.6 Å². The maximum absolute atomic E-state index is 8.75. The molecule has 0 saturated carbocycles. The van der Waals surface area contributed by atoms with E-state index in [1.807, 2.05) is 0 Å². The third kappa shape index (κ3) is 11.1. The van der Waals surface area contributed by atoms with Gasteiger partial charge in [0.05, 0.1) is 31.8 Å². The molecule has 7 nitrogen and oxygen atoms in total. The first-order valence-corrected chi connectivity index (χ1v) is 11.5. The van der Waals surface area contributed by atoms with Gasteiger partial charge in [0.25, 0.3) is 8.53 Å². The summed E-state index contributed by atoms with van der Waals surface area (Å²) in [6, 6.07) is 2.71. The lowest BCUT2D eigenvalue weighted by Crippen LogP contribution is -2.34. The van der Waals surface area contributed by atoms with Crippen molar-refractivity contribution in [2.45, 2.75) is 65.1 Å². The number of nitrogens with zero attached hydrogens (tertiary/aromatic N) is 2. The second kappa shape index (κ2) is 16.1. The van der Waals surface area contributed by atoms with E-state index in [1.54, 1.807) is 21.3 Å². The van der Waals surface area contributed by atoms with E-state index in [1.165, 1.54) is 0 Å². The molecule has 0 aliphatic heterocycles. The number of hydrogen-bond donors (Lipinski definition) is 0. The second-order valence-corrected chi connectivity index (χ2v) is 9.53. The van der Waals surface area contributed by atoms with Crippen molar-refractivity contribution in [3.8, 4) is 6.07 Å². The normalized spacial score (nSPS) is 14.4. The van der Waals surface area contributed by atoms with E-state index in [0.717, 1.165) is 19.0 Å². The van der Waals surface area contributed by atoms with Crippen molar-refractivity contribution in [1.82, 2.24) is 4.67 Å². The first-order chi connectivity index (χ1) is 12.4. The zero-order chi connectivity index (χ0) is 19.9. The van der Waals surface area contributed by atoms with Crippen molar-refractivity contribution < 1.29 is 22.8 Å². The van der Waals surface area contributed by atoms with Crippen LogP contribution in [0.5, 0.6) is 0 Å². The lowest BCUT2D eigenvalue weighted by Gasteiger charge is -2.35. The fraction of sp³-hybridized carbons (Fsp3) is 0.941. The molecule has 0 N–H and O–H groups in total. The lowest BCUT2D eigenvalue weighted by molar-refractivity contribution is 0.0736. The molecule has 9 heteroatoms. The minimum absolute atomic E-state index is 0.0906. The standard InChI is InChI=1S/C17H36N2O5P2/c1-15(2)19(16(3)4)26(23-12-8-11-18)24-13-9-17(20-5)10-14-25(21-6)22-7/h15-17H,8-10,12-14H2,1-7H3. The van der Waals surface area contributed by atoms with Gasteiger partial charge in [-0.05, 0) is 40.5 Å². The third-order valence-corrected chi connectivity index (χ3v) is 7.22. The smallest absolute Gasteiger partial charge is 0.259 e. The Balaban J connectivity index is 4.57. The average molecular weight is 410 g/mol. The fourth-order valence-corrected chi connectivity index (χ4v) is 5.08. The van der Waals surface area contributed by atoms with Crippen molar-refractivity contribution in [3.05, 3.63) is 0 Å². The Morgan fingerprint density at radius 1 is 0.923 bits per heavy atom. The molecule has 0 rings (SSSR count). The van der Waals surface area contributed by atoms with E-state index in [-0.39, 0.29) is 6.10 Å². The molecule has 0 fully saturated rings. The van der Waals surface area contributed by atoms with Gasteiger partial charge in [-0.2, -0.15) is 5.26 Å². The topological polar surface area (TPSA) is 73.2 Å². The summed E-state index contributed by atoms with van der Waals surface area (Å²) in [6.07, 6.45) is 2.92. The van der Waals surface area contributed by atoms with Crippen molar-refractivity contribution in [2.75, 3.05) is 40.7 Å². The Bertz CT molecular complexity index is 371. The van der Waals surface area contributed by atoms with Gasteiger partial charge in [-0.15, -0.1) is 0 Å². The van der Waals surface area contributed by atoms with Crippen LogP contribution in [0.4, 0.5) is 0 Å². The summed E-state index contributed by atoms with van der Waals surface area (Å²) in [5.74, 6) is 0. The Morgan fingerprint density at radius 3 is 1.96 bits per heavy atom. The lowest BCUT2D eigenvalue weighted by atomic mass is 10.2. The number of rotatable bonds is 16. The molecule has 0 radical (unpaired) electrons. The van der Waals surface area contributed by atoms with Crippen LogP contribution in [-0.2, 0) is 22.8 Å². The molecule has 2 atom stereocenters. The van der Waals surface area contributed by atoms with Gasteiger partial charge in [0, 0.05) is 39.6 Å². The van der Waals surface area contributed by atoms with Gasteiger partial charge in [-0.1, -0.05) is 0 Å². The van der Waals surface area contributed by atoms with Crippen LogP contribution in [0, 0.1) is 11.3 Å². The fourth-order valence-electron chi connectivity index (χ4n) is 2.46. The van der Waals surface area contributed by atoms with Gasteiger partial charge in [-0.25, -0.2) is 4.67 Å². The van der Waals surface area contributed by atoms with Gasteiger partial charge >= 0.3 is 0 Å². The number of ether oxygens (including phenoxy) is 1. The van der Waals surface area contributed by atoms with Crippen molar-refractivity contribution >= 4 is 16.9 Å². The predicted octanol–water partition coefficient (Wildman–Crippen LogP) is 4.68. The van der Waals surface area contributed by atoms with Gasteiger partial charge < -0.3 is 22.8 Å². The first-order valence-electron chi connectivity index (χ1n) is 9.00. The molecule has 0 aromatic heterocycles. The van der Waals surface area contributed by atoms with E-state index >= 15 is 0 Å². The Labute approximate surface area is 162 Å². The molecule has 0 spiro atoms. The highest BCUT2D eigenvalue weighted by Gasteiger charge is 2.27. The van der Waals surface area contributed by atoms with Crippen LogP contribution in [0.3, 0.4) is 0 Å². The highest BCUT2D eigenvalue weighted by atomic mass is 31.2. The minimum Gasteiger partial charge on any atom is -0.381 e. The molecular formula is C17H36N2O5P2. The first kappa shape index (κ1) is 26.1. The zero-order valence-corrected chi connectivity index (χ0v) is 19.1. The van der Waals surface area contributed by atoms with Crippen LogP contribution in [0.25, 0.3) is 0 Å².